The predicted octanol–water partition coefficient (Wildman–Crippen LogP) is 3.56. The van der Waals surface area contributed by atoms with Crippen molar-refractivity contribution in [2.75, 3.05) is 0 Å². The van der Waals surface area contributed by atoms with Crippen LogP contribution in [-0.4, -0.2) is 46.8 Å². The number of aliphatic hydroxyl groups is 3. The van der Waals surface area contributed by atoms with Crippen molar-refractivity contribution >= 4 is 9.84 Å². The predicted molar refractivity (Wildman–Crippen MR) is 118 cm³/mol. The van der Waals surface area contributed by atoms with E-state index in [1.807, 2.05) is 6.92 Å². The van der Waals surface area contributed by atoms with Gasteiger partial charge in [-0.25, -0.2) is 8.42 Å². The molecular weight excluding hydrogens is 400 g/mol. The monoisotopic (exact) mass is 438 g/mol. The normalized spacial score (nSPS) is 33.0. The van der Waals surface area contributed by atoms with Crippen molar-refractivity contribution in [3.05, 3.63) is 30.3 Å². The van der Waals surface area contributed by atoms with E-state index in [1.54, 1.807) is 30.3 Å². The van der Waals surface area contributed by atoms with Gasteiger partial charge in [-0.05, 0) is 81.3 Å². The molecule has 0 heterocycles. The van der Waals surface area contributed by atoms with Crippen molar-refractivity contribution < 1.29 is 23.7 Å². The molecule has 170 valence electrons. The van der Waals surface area contributed by atoms with E-state index in [9.17, 15) is 23.7 Å². The molecule has 0 radical (unpaired) electrons. The Balaban J connectivity index is 1.98. The van der Waals surface area contributed by atoms with Gasteiger partial charge in [0.25, 0.3) is 0 Å². The lowest BCUT2D eigenvalue weighted by Crippen LogP contribution is -2.47. The van der Waals surface area contributed by atoms with Crippen LogP contribution in [0.4, 0.5) is 0 Å². The van der Waals surface area contributed by atoms with Crippen LogP contribution >= 0.6 is 0 Å². The van der Waals surface area contributed by atoms with E-state index in [-0.39, 0.29) is 40.6 Å². The molecule has 2 aliphatic rings. The summed E-state index contributed by atoms with van der Waals surface area (Å²) in [6.45, 7) is 7.23. The van der Waals surface area contributed by atoms with Gasteiger partial charge in [0.15, 0.2) is 9.84 Å². The lowest BCUT2D eigenvalue weighted by Gasteiger charge is -2.46. The third-order valence-corrected chi connectivity index (χ3v) is 10.5. The molecule has 0 saturated heterocycles. The van der Waals surface area contributed by atoms with E-state index >= 15 is 0 Å². The molecular formula is C24H38O5S. The zero-order valence-corrected chi connectivity index (χ0v) is 19.5. The molecule has 0 spiro atoms. The Morgan fingerprint density at radius 3 is 2.40 bits per heavy atom. The summed E-state index contributed by atoms with van der Waals surface area (Å²) in [5.41, 5.74) is -1.48. The maximum absolute atomic E-state index is 13.7. The minimum atomic E-state index is -3.70. The molecule has 1 aromatic carbocycles. The Morgan fingerprint density at radius 1 is 1.17 bits per heavy atom. The lowest BCUT2D eigenvalue weighted by molar-refractivity contribution is -0.0574. The van der Waals surface area contributed by atoms with Crippen molar-refractivity contribution in [3.8, 4) is 0 Å². The quantitative estimate of drug-likeness (QED) is 0.605. The Bertz CT molecular complexity index is 816. The van der Waals surface area contributed by atoms with Gasteiger partial charge in [-0.2, -0.15) is 0 Å². The minimum absolute atomic E-state index is 0.0122. The highest BCUT2D eigenvalue weighted by molar-refractivity contribution is 7.92. The molecule has 1 aromatic rings. The topological polar surface area (TPSA) is 94.8 Å². The van der Waals surface area contributed by atoms with Gasteiger partial charge in [-0.3, -0.25) is 0 Å². The van der Waals surface area contributed by atoms with Crippen LogP contribution in [0.1, 0.15) is 66.2 Å². The average Bonchev–Trinajstić information content (AvgIpc) is 3.03. The first-order valence-electron chi connectivity index (χ1n) is 11.3. The first-order valence-corrected chi connectivity index (χ1v) is 12.8. The molecule has 2 saturated carbocycles. The molecule has 0 aliphatic heterocycles. The van der Waals surface area contributed by atoms with E-state index in [0.29, 0.717) is 0 Å². The fourth-order valence-corrected chi connectivity index (χ4v) is 8.31. The molecule has 0 amide bonds. The molecule has 2 aliphatic carbocycles. The SMILES string of the molecule is C[C@@H]([C@H]1CC[C@H]2[C@@H](O)CCCC12C)[C@@H](C[C@H](O)C(C)(C)O)S(=O)(=O)c1ccccc1. The van der Waals surface area contributed by atoms with Gasteiger partial charge in [-0.15, -0.1) is 0 Å². The molecule has 2 fully saturated rings. The van der Waals surface area contributed by atoms with Crippen LogP contribution in [0, 0.1) is 23.2 Å². The summed E-state index contributed by atoms with van der Waals surface area (Å²) in [6, 6.07) is 8.43. The fourth-order valence-electron chi connectivity index (χ4n) is 6.23. The van der Waals surface area contributed by atoms with Crippen molar-refractivity contribution in [2.45, 2.75) is 94.2 Å². The summed E-state index contributed by atoms with van der Waals surface area (Å²) in [6.07, 6.45) is 3.11. The summed E-state index contributed by atoms with van der Waals surface area (Å²) >= 11 is 0. The summed E-state index contributed by atoms with van der Waals surface area (Å²) in [4.78, 5) is 0.258. The average molecular weight is 439 g/mol. The molecule has 5 nitrogen and oxygen atoms in total. The Morgan fingerprint density at radius 2 is 1.80 bits per heavy atom. The highest BCUT2D eigenvalue weighted by atomic mass is 32.2. The van der Waals surface area contributed by atoms with Crippen molar-refractivity contribution in [3.63, 3.8) is 0 Å². The van der Waals surface area contributed by atoms with Crippen LogP contribution < -0.4 is 0 Å². The van der Waals surface area contributed by atoms with Gasteiger partial charge in [0.05, 0.1) is 28.0 Å². The van der Waals surface area contributed by atoms with Crippen molar-refractivity contribution in [1.82, 2.24) is 0 Å². The van der Waals surface area contributed by atoms with Gasteiger partial charge in [-0.1, -0.05) is 38.5 Å². The van der Waals surface area contributed by atoms with E-state index in [0.717, 1.165) is 32.1 Å². The fraction of sp³-hybridized carbons (Fsp3) is 0.750. The van der Waals surface area contributed by atoms with Crippen molar-refractivity contribution in [1.29, 1.82) is 0 Å². The number of hydrogen-bond acceptors (Lipinski definition) is 5. The maximum atomic E-state index is 13.7. The van der Waals surface area contributed by atoms with Crippen LogP contribution in [0.25, 0.3) is 0 Å². The molecule has 3 rings (SSSR count). The van der Waals surface area contributed by atoms with E-state index in [1.165, 1.54) is 13.8 Å². The molecule has 0 bridgehead atoms. The molecule has 0 aromatic heterocycles. The highest BCUT2D eigenvalue weighted by Gasteiger charge is 2.54. The number of rotatable bonds is 7. The standard InChI is InChI=1S/C24H38O5S/c1-16(18-12-13-19-20(25)11-8-14-24(18,19)4)21(15-22(26)23(2,3)27)30(28,29)17-9-6-5-7-10-17/h5-7,9-10,16,18-22,25-27H,8,11-15H2,1-4H3/t16-,18+,19-,20-,21+,22-,24?/m0/s1. The maximum Gasteiger partial charge on any atom is 0.181 e. The van der Waals surface area contributed by atoms with Crippen LogP contribution in [0.15, 0.2) is 35.2 Å². The molecule has 30 heavy (non-hydrogen) atoms. The van der Waals surface area contributed by atoms with Gasteiger partial charge >= 0.3 is 0 Å². The second kappa shape index (κ2) is 8.53. The summed E-state index contributed by atoms with van der Waals surface area (Å²) < 4.78 is 27.4. The minimum Gasteiger partial charge on any atom is -0.393 e. The van der Waals surface area contributed by atoms with Gasteiger partial charge in [0.2, 0.25) is 0 Å². The van der Waals surface area contributed by atoms with E-state index in [4.69, 9.17) is 0 Å². The summed E-state index contributed by atoms with van der Waals surface area (Å²) in [7, 11) is -3.70. The van der Waals surface area contributed by atoms with Gasteiger partial charge in [0, 0.05) is 0 Å². The van der Waals surface area contributed by atoms with Crippen molar-refractivity contribution in [2.24, 2.45) is 23.2 Å². The number of benzene rings is 1. The largest absolute Gasteiger partial charge is 0.393 e. The Kier molecular flexibility index (Phi) is 6.74. The third-order valence-electron chi connectivity index (χ3n) is 8.13. The number of aliphatic hydroxyl groups excluding tert-OH is 2. The number of hydrogen-bond donors (Lipinski definition) is 3. The highest BCUT2D eigenvalue weighted by Crippen LogP contribution is 2.58. The molecule has 1 unspecified atom stereocenters. The van der Waals surface area contributed by atoms with E-state index in [2.05, 4.69) is 6.92 Å². The number of sulfone groups is 1. The van der Waals surface area contributed by atoms with Crippen LogP contribution in [0.5, 0.6) is 0 Å². The molecule has 6 heteroatoms. The van der Waals surface area contributed by atoms with E-state index < -0.39 is 26.8 Å². The molecule has 7 atom stereocenters. The zero-order chi connectivity index (χ0) is 22.3. The van der Waals surface area contributed by atoms with Gasteiger partial charge < -0.3 is 15.3 Å². The zero-order valence-electron chi connectivity index (χ0n) is 18.7. The van der Waals surface area contributed by atoms with Crippen LogP contribution in [-0.2, 0) is 9.84 Å². The smallest absolute Gasteiger partial charge is 0.181 e. The first kappa shape index (κ1) is 23.7. The molecule has 3 N–H and O–H groups in total. The number of fused-ring (bicyclic) bond motifs is 1. The van der Waals surface area contributed by atoms with Gasteiger partial charge in [0.1, 0.15) is 0 Å². The first-order chi connectivity index (χ1) is 13.9. The third kappa shape index (κ3) is 4.34. The Hall–Kier alpha value is -0.950. The van der Waals surface area contributed by atoms with Crippen LogP contribution in [0.3, 0.4) is 0 Å². The summed E-state index contributed by atoms with van der Waals surface area (Å²) in [5.74, 6) is 0.153. The summed E-state index contributed by atoms with van der Waals surface area (Å²) in [5, 5.41) is 30.7. The second-order valence-corrected chi connectivity index (χ2v) is 12.6. The lowest BCUT2D eigenvalue weighted by atomic mass is 9.61. The van der Waals surface area contributed by atoms with Crippen LogP contribution in [0.2, 0.25) is 0 Å². The Labute approximate surface area is 181 Å². The second-order valence-electron chi connectivity index (χ2n) is 10.4.